The van der Waals surface area contributed by atoms with Crippen molar-refractivity contribution in [2.45, 2.75) is 70.0 Å². The molecule has 0 unspecified atom stereocenters. The van der Waals surface area contributed by atoms with Crippen molar-refractivity contribution in [2.24, 2.45) is 5.92 Å². The molecular weight excluding hydrogens is 352 g/mol. The van der Waals surface area contributed by atoms with Crippen molar-refractivity contribution in [3.63, 3.8) is 0 Å². The van der Waals surface area contributed by atoms with Gasteiger partial charge in [0.05, 0.1) is 11.6 Å². The molecule has 1 aliphatic carbocycles. The Kier molecular flexibility index (Phi) is 5.24. The first kappa shape index (κ1) is 18.4. The summed E-state index contributed by atoms with van der Waals surface area (Å²) in [5.41, 5.74) is 2.04. The largest absolute Gasteiger partial charge is 0.381 e. The third kappa shape index (κ3) is 3.41. The number of likely N-dealkylation sites (tertiary alicyclic amines) is 1. The van der Waals surface area contributed by atoms with Crippen LogP contribution in [0.2, 0.25) is 0 Å². The van der Waals surface area contributed by atoms with Gasteiger partial charge in [-0.15, -0.1) is 0 Å². The van der Waals surface area contributed by atoms with E-state index in [4.69, 9.17) is 4.74 Å². The molecule has 0 bridgehead atoms. The highest BCUT2D eigenvalue weighted by Gasteiger charge is 2.33. The van der Waals surface area contributed by atoms with Crippen molar-refractivity contribution in [3.05, 3.63) is 28.8 Å². The lowest BCUT2D eigenvalue weighted by Gasteiger charge is -2.31. The Morgan fingerprint density at radius 3 is 2.68 bits per heavy atom. The highest BCUT2D eigenvalue weighted by molar-refractivity contribution is 5.71. The minimum atomic E-state index is 0.151. The molecule has 3 fully saturated rings. The number of pyridine rings is 1. The number of ether oxygens (including phenoxy) is 1. The molecule has 5 rings (SSSR count). The van der Waals surface area contributed by atoms with Crippen molar-refractivity contribution in [1.82, 2.24) is 19.0 Å². The minimum absolute atomic E-state index is 0.151. The molecule has 2 saturated heterocycles. The van der Waals surface area contributed by atoms with Gasteiger partial charge in [0.15, 0.2) is 5.65 Å². The summed E-state index contributed by atoms with van der Waals surface area (Å²) in [4.78, 5) is 20.7. The first-order valence-electron chi connectivity index (χ1n) is 11.2. The smallest absolute Gasteiger partial charge is 0.330 e. The molecule has 0 spiro atoms. The van der Waals surface area contributed by atoms with Crippen LogP contribution in [0.5, 0.6) is 0 Å². The van der Waals surface area contributed by atoms with Crippen LogP contribution >= 0.6 is 0 Å². The molecule has 0 aromatic carbocycles. The summed E-state index contributed by atoms with van der Waals surface area (Å²) in [5.74, 6) is 0.632. The summed E-state index contributed by atoms with van der Waals surface area (Å²) >= 11 is 0. The third-order valence-corrected chi connectivity index (χ3v) is 7.15. The summed E-state index contributed by atoms with van der Waals surface area (Å²) in [5, 5.41) is 0. The average Bonchev–Trinajstić information content (AvgIpc) is 3.33. The Balaban J connectivity index is 1.43. The second-order valence-corrected chi connectivity index (χ2v) is 8.89. The van der Waals surface area contributed by atoms with Crippen LogP contribution in [0.25, 0.3) is 11.2 Å². The maximum Gasteiger partial charge on any atom is 0.330 e. The molecule has 0 radical (unpaired) electrons. The van der Waals surface area contributed by atoms with Crippen molar-refractivity contribution in [2.75, 3.05) is 26.3 Å². The molecule has 1 saturated carbocycles. The van der Waals surface area contributed by atoms with Crippen molar-refractivity contribution < 1.29 is 4.74 Å². The zero-order valence-corrected chi connectivity index (χ0v) is 16.8. The molecule has 2 aliphatic heterocycles. The topological polar surface area (TPSA) is 52.3 Å². The van der Waals surface area contributed by atoms with Crippen LogP contribution in [0.4, 0.5) is 0 Å². The van der Waals surface area contributed by atoms with Crippen molar-refractivity contribution >= 4 is 11.2 Å². The van der Waals surface area contributed by atoms with E-state index in [1.54, 1.807) is 0 Å². The van der Waals surface area contributed by atoms with Gasteiger partial charge in [0.1, 0.15) is 0 Å². The van der Waals surface area contributed by atoms with Gasteiger partial charge in [0, 0.05) is 45.1 Å². The Morgan fingerprint density at radius 2 is 1.86 bits per heavy atom. The average molecular weight is 385 g/mol. The molecule has 1 atom stereocenters. The van der Waals surface area contributed by atoms with E-state index in [2.05, 4.69) is 16.0 Å². The van der Waals surface area contributed by atoms with Crippen LogP contribution < -0.4 is 5.69 Å². The lowest BCUT2D eigenvalue weighted by Crippen LogP contribution is -2.38. The fraction of sp³-hybridized carbons (Fsp3) is 0.727. The molecule has 28 heavy (non-hydrogen) atoms. The van der Waals surface area contributed by atoms with E-state index < -0.39 is 0 Å². The number of hydrogen-bond acceptors (Lipinski definition) is 4. The van der Waals surface area contributed by atoms with Crippen molar-refractivity contribution in [1.29, 1.82) is 0 Å². The Bertz CT molecular complexity index is 861. The van der Waals surface area contributed by atoms with Crippen LogP contribution in [-0.4, -0.2) is 51.4 Å². The fourth-order valence-electron chi connectivity index (χ4n) is 5.60. The molecule has 2 aromatic heterocycles. The van der Waals surface area contributed by atoms with E-state index in [9.17, 15) is 4.79 Å². The summed E-state index contributed by atoms with van der Waals surface area (Å²) in [7, 11) is 0. The van der Waals surface area contributed by atoms with E-state index in [1.165, 1.54) is 32.1 Å². The predicted molar refractivity (Wildman–Crippen MR) is 110 cm³/mol. The summed E-state index contributed by atoms with van der Waals surface area (Å²) in [6, 6.07) is 4.89. The highest BCUT2D eigenvalue weighted by Crippen LogP contribution is 2.29. The van der Waals surface area contributed by atoms with Crippen LogP contribution in [-0.2, 0) is 11.3 Å². The first-order chi connectivity index (χ1) is 13.8. The number of hydrogen-bond donors (Lipinski definition) is 0. The van der Waals surface area contributed by atoms with Gasteiger partial charge in [-0.05, 0) is 50.2 Å². The van der Waals surface area contributed by atoms with Crippen LogP contribution in [0.3, 0.4) is 0 Å². The Morgan fingerprint density at radius 1 is 1.04 bits per heavy atom. The van der Waals surface area contributed by atoms with E-state index in [0.717, 1.165) is 63.3 Å². The zero-order valence-electron chi connectivity index (χ0n) is 16.8. The van der Waals surface area contributed by atoms with Crippen LogP contribution in [0.1, 0.15) is 57.4 Å². The standard InChI is InChI=1S/C22H32N4O2/c27-22-25(15-17-5-2-1-3-6-17)20-7-4-11-23-21(20)26(22)19-8-12-24(16-19)18-9-13-28-14-10-18/h4,7,11,17-19H,1-3,5-6,8-10,12-16H2/t19-/m1/s1. The summed E-state index contributed by atoms with van der Waals surface area (Å²) in [6.07, 6.45) is 11.6. The zero-order chi connectivity index (χ0) is 18.9. The summed E-state index contributed by atoms with van der Waals surface area (Å²) < 4.78 is 9.56. The van der Waals surface area contributed by atoms with Gasteiger partial charge in [-0.25, -0.2) is 9.78 Å². The van der Waals surface area contributed by atoms with E-state index in [-0.39, 0.29) is 11.7 Å². The molecule has 2 aromatic rings. The van der Waals surface area contributed by atoms with Crippen molar-refractivity contribution in [3.8, 4) is 0 Å². The number of aromatic nitrogens is 3. The minimum Gasteiger partial charge on any atom is -0.381 e. The van der Waals surface area contributed by atoms with Crippen LogP contribution in [0, 0.1) is 5.92 Å². The SMILES string of the molecule is O=c1n(CC2CCCCC2)c2cccnc2n1[C@@H]1CCN(C2CCOCC2)C1. The number of nitrogens with zero attached hydrogens (tertiary/aromatic N) is 4. The highest BCUT2D eigenvalue weighted by atomic mass is 16.5. The van der Waals surface area contributed by atoms with Gasteiger partial charge in [0.2, 0.25) is 0 Å². The normalized spacial score (nSPS) is 25.6. The van der Waals surface area contributed by atoms with Gasteiger partial charge < -0.3 is 4.74 Å². The Labute approximate surface area is 166 Å². The molecule has 152 valence electrons. The lowest BCUT2D eigenvalue weighted by molar-refractivity contribution is 0.0413. The fourth-order valence-corrected chi connectivity index (χ4v) is 5.60. The van der Waals surface area contributed by atoms with E-state index in [1.807, 2.05) is 21.4 Å². The molecule has 6 nitrogen and oxygen atoms in total. The number of fused-ring (bicyclic) bond motifs is 1. The summed E-state index contributed by atoms with van der Waals surface area (Å²) in [6.45, 7) is 4.63. The first-order valence-corrected chi connectivity index (χ1v) is 11.2. The Hall–Kier alpha value is -1.66. The monoisotopic (exact) mass is 384 g/mol. The predicted octanol–water partition coefficient (Wildman–Crippen LogP) is 3.20. The van der Waals surface area contributed by atoms with Gasteiger partial charge in [-0.3, -0.25) is 14.0 Å². The van der Waals surface area contributed by atoms with Gasteiger partial charge >= 0.3 is 5.69 Å². The quantitative estimate of drug-likeness (QED) is 0.812. The maximum absolute atomic E-state index is 13.5. The second-order valence-electron chi connectivity index (χ2n) is 8.89. The number of rotatable bonds is 4. The molecule has 4 heterocycles. The van der Waals surface area contributed by atoms with Crippen LogP contribution in [0.15, 0.2) is 23.1 Å². The van der Waals surface area contributed by atoms with E-state index in [0.29, 0.717) is 12.0 Å². The van der Waals surface area contributed by atoms with Gasteiger partial charge in [-0.1, -0.05) is 19.3 Å². The van der Waals surface area contributed by atoms with E-state index >= 15 is 0 Å². The van der Waals surface area contributed by atoms with Gasteiger partial charge in [-0.2, -0.15) is 0 Å². The lowest BCUT2D eigenvalue weighted by atomic mass is 9.89. The molecular formula is C22H32N4O2. The second kappa shape index (κ2) is 7.99. The molecule has 3 aliphatic rings. The van der Waals surface area contributed by atoms with Gasteiger partial charge in [0.25, 0.3) is 0 Å². The third-order valence-electron chi connectivity index (χ3n) is 7.15. The molecule has 6 heteroatoms. The molecule has 0 N–H and O–H groups in total. The number of imidazole rings is 1. The maximum atomic E-state index is 13.5. The molecule has 0 amide bonds.